The quantitative estimate of drug-likeness (QED) is 0.276. The second-order valence-corrected chi connectivity index (χ2v) is 5.74. The lowest BCUT2D eigenvalue weighted by Crippen LogP contribution is -2.08. The highest BCUT2D eigenvalue weighted by Crippen LogP contribution is 2.14. The first kappa shape index (κ1) is 20.2. The van der Waals surface area contributed by atoms with Crippen molar-refractivity contribution in [2.75, 3.05) is 25.1 Å². The number of nitro groups is 1. The van der Waals surface area contributed by atoms with Gasteiger partial charge in [0.1, 0.15) is 17.8 Å². The average molecular weight is 373 g/mol. The van der Waals surface area contributed by atoms with Crippen molar-refractivity contribution in [2.45, 2.75) is 26.2 Å². The Kier molecular flexibility index (Phi) is 8.02. The van der Waals surface area contributed by atoms with Crippen LogP contribution in [0, 0.1) is 10.1 Å². The van der Waals surface area contributed by atoms with Gasteiger partial charge in [-0.1, -0.05) is 6.07 Å². The number of aromatic nitrogens is 1. The number of ether oxygens (including phenoxy) is 2. The smallest absolute Gasteiger partial charge is 0.338 e. The molecular weight excluding hydrogens is 350 g/mol. The predicted octanol–water partition coefficient (Wildman–Crippen LogP) is 3.83. The van der Waals surface area contributed by atoms with E-state index in [-0.39, 0.29) is 11.7 Å². The van der Waals surface area contributed by atoms with Crippen LogP contribution in [0.2, 0.25) is 0 Å². The van der Waals surface area contributed by atoms with Crippen LogP contribution in [0.1, 0.15) is 36.5 Å². The van der Waals surface area contributed by atoms with Gasteiger partial charge in [0.05, 0.1) is 23.7 Å². The van der Waals surface area contributed by atoms with E-state index in [2.05, 4.69) is 10.3 Å². The summed E-state index contributed by atoms with van der Waals surface area (Å²) in [6, 6.07) is 9.93. The molecular formula is C19H23N3O5. The highest BCUT2D eigenvalue weighted by molar-refractivity contribution is 5.89. The third kappa shape index (κ3) is 6.93. The maximum atomic E-state index is 12.0. The summed E-state index contributed by atoms with van der Waals surface area (Å²) in [4.78, 5) is 26.1. The minimum atomic E-state index is -0.481. The topological polar surface area (TPSA) is 104 Å². The Labute approximate surface area is 157 Å². The minimum Gasteiger partial charge on any atom is -0.494 e. The standard InChI is InChI=1S/C19H23N3O5/c1-2-26-17-8-6-7-15(13-17)19(23)27-12-5-3-4-11-20-18-10-9-16(14-21-18)22(24)25/h6-10,13-14H,2-5,11-12H2,1H3,(H,20,21). The van der Waals surface area contributed by atoms with Crippen molar-refractivity contribution in [3.8, 4) is 5.75 Å². The van der Waals surface area contributed by atoms with E-state index in [9.17, 15) is 14.9 Å². The molecule has 0 saturated carbocycles. The van der Waals surface area contributed by atoms with Crippen LogP contribution in [0.25, 0.3) is 0 Å². The first-order valence-electron chi connectivity index (χ1n) is 8.84. The van der Waals surface area contributed by atoms with Gasteiger partial charge in [-0.2, -0.15) is 0 Å². The molecule has 1 heterocycles. The van der Waals surface area contributed by atoms with Crippen molar-refractivity contribution >= 4 is 17.5 Å². The molecule has 0 saturated heterocycles. The zero-order valence-electron chi connectivity index (χ0n) is 15.2. The van der Waals surface area contributed by atoms with Gasteiger partial charge in [-0.15, -0.1) is 0 Å². The van der Waals surface area contributed by atoms with Crippen molar-refractivity contribution in [3.63, 3.8) is 0 Å². The van der Waals surface area contributed by atoms with E-state index in [1.807, 2.05) is 6.92 Å². The minimum absolute atomic E-state index is 0.0332. The first-order valence-corrected chi connectivity index (χ1v) is 8.84. The van der Waals surface area contributed by atoms with Gasteiger partial charge in [-0.25, -0.2) is 9.78 Å². The molecule has 1 aromatic heterocycles. The molecule has 0 amide bonds. The SMILES string of the molecule is CCOc1cccc(C(=O)OCCCCCNc2ccc([N+](=O)[O-])cn2)c1. The van der Waals surface area contributed by atoms with Crippen LogP contribution in [-0.2, 0) is 4.74 Å². The van der Waals surface area contributed by atoms with Gasteiger partial charge < -0.3 is 14.8 Å². The number of hydrogen-bond donors (Lipinski definition) is 1. The molecule has 27 heavy (non-hydrogen) atoms. The third-order valence-electron chi connectivity index (χ3n) is 3.70. The van der Waals surface area contributed by atoms with Gasteiger partial charge in [0.2, 0.25) is 0 Å². The molecule has 0 fully saturated rings. The average Bonchev–Trinajstić information content (AvgIpc) is 2.68. The monoisotopic (exact) mass is 373 g/mol. The van der Waals surface area contributed by atoms with E-state index in [4.69, 9.17) is 9.47 Å². The van der Waals surface area contributed by atoms with Crippen LogP contribution in [0.5, 0.6) is 5.75 Å². The molecule has 0 unspecified atom stereocenters. The Morgan fingerprint density at radius 3 is 2.78 bits per heavy atom. The van der Waals surface area contributed by atoms with Crippen LogP contribution < -0.4 is 10.1 Å². The second kappa shape index (κ2) is 10.7. The van der Waals surface area contributed by atoms with E-state index < -0.39 is 4.92 Å². The Balaban J connectivity index is 1.59. The molecule has 0 aliphatic carbocycles. The number of carbonyl (C=O) groups is 1. The van der Waals surface area contributed by atoms with Crippen LogP contribution in [0.3, 0.4) is 0 Å². The summed E-state index contributed by atoms with van der Waals surface area (Å²) in [6.45, 7) is 3.47. The van der Waals surface area contributed by atoms with Crippen molar-refractivity contribution in [1.82, 2.24) is 4.98 Å². The molecule has 2 rings (SSSR count). The van der Waals surface area contributed by atoms with E-state index in [1.54, 1.807) is 30.3 Å². The van der Waals surface area contributed by atoms with Crippen molar-refractivity contribution in [3.05, 3.63) is 58.3 Å². The zero-order chi connectivity index (χ0) is 19.5. The molecule has 0 aliphatic rings. The molecule has 144 valence electrons. The third-order valence-corrected chi connectivity index (χ3v) is 3.70. The summed E-state index contributed by atoms with van der Waals surface area (Å²) in [5.74, 6) is 0.892. The van der Waals surface area contributed by atoms with Crippen LogP contribution in [-0.4, -0.2) is 35.6 Å². The largest absolute Gasteiger partial charge is 0.494 e. The lowest BCUT2D eigenvalue weighted by atomic mass is 10.2. The molecule has 0 bridgehead atoms. The summed E-state index contributed by atoms with van der Waals surface area (Å²) in [5.41, 5.74) is 0.445. The molecule has 8 nitrogen and oxygen atoms in total. The Hall–Kier alpha value is -3.16. The molecule has 0 radical (unpaired) electrons. The predicted molar refractivity (Wildman–Crippen MR) is 101 cm³/mol. The van der Waals surface area contributed by atoms with Gasteiger partial charge in [0.25, 0.3) is 5.69 Å². The second-order valence-electron chi connectivity index (χ2n) is 5.74. The molecule has 0 aliphatic heterocycles. The fourth-order valence-electron chi connectivity index (χ4n) is 2.35. The molecule has 0 spiro atoms. The van der Waals surface area contributed by atoms with Gasteiger partial charge in [0.15, 0.2) is 0 Å². The number of esters is 1. The Bertz CT molecular complexity index is 749. The van der Waals surface area contributed by atoms with Gasteiger partial charge in [-0.3, -0.25) is 10.1 Å². The molecule has 1 N–H and O–H groups in total. The number of nitrogens with one attached hydrogen (secondary N) is 1. The Morgan fingerprint density at radius 2 is 2.07 bits per heavy atom. The number of nitrogens with zero attached hydrogens (tertiary/aromatic N) is 2. The first-order chi connectivity index (χ1) is 13.1. The van der Waals surface area contributed by atoms with E-state index >= 15 is 0 Å². The van der Waals surface area contributed by atoms with E-state index in [0.29, 0.717) is 36.9 Å². The molecule has 2 aromatic rings. The maximum absolute atomic E-state index is 12.0. The van der Waals surface area contributed by atoms with E-state index in [0.717, 1.165) is 19.3 Å². The van der Waals surface area contributed by atoms with Crippen LogP contribution >= 0.6 is 0 Å². The van der Waals surface area contributed by atoms with Crippen LogP contribution in [0.4, 0.5) is 11.5 Å². The number of rotatable bonds is 11. The number of pyridine rings is 1. The number of anilines is 1. The molecule has 0 atom stereocenters. The summed E-state index contributed by atoms with van der Waals surface area (Å²) in [5, 5.41) is 13.7. The lowest BCUT2D eigenvalue weighted by Gasteiger charge is -2.08. The summed E-state index contributed by atoms with van der Waals surface area (Å²) in [7, 11) is 0. The molecule has 1 aromatic carbocycles. The fraction of sp³-hybridized carbons (Fsp3) is 0.368. The maximum Gasteiger partial charge on any atom is 0.338 e. The summed E-state index contributed by atoms with van der Waals surface area (Å²) in [6.07, 6.45) is 3.73. The van der Waals surface area contributed by atoms with Gasteiger partial charge in [0, 0.05) is 12.6 Å². The number of benzene rings is 1. The van der Waals surface area contributed by atoms with Gasteiger partial charge >= 0.3 is 5.97 Å². The fourth-order valence-corrected chi connectivity index (χ4v) is 2.35. The number of hydrogen-bond acceptors (Lipinski definition) is 7. The molecule has 8 heteroatoms. The van der Waals surface area contributed by atoms with E-state index in [1.165, 1.54) is 12.3 Å². The van der Waals surface area contributed by atoms with Crippen molar-refractivity contribution in [2.24, 2.45) is 0 Å². The summed E-state index contributed by atoms with van der Waals surface area (Å²) < 4.78 is 10.6. The summed E-state index contributed by atoms with van der Waals surface area (Å²) >= 11 is 0. The van der Waals surface area contributed by atoms with Gasteiger partial charge in [-0.05, 0) is 50.5 Å². The lowest BCUT2D eigenvalue weighted by molar-refractivity contribution is -0.385. The van der Waals surface area contributed by atoms with Crippen molar-refractivity contribution < 1.29 is 19.2 Å². The van der Waals surface area contributed by atoms with Crippen molar-refractivity contribution in [1.29, 1.82) is 0 Å². The highest BCUT2D eigenvalue weighted by atomic mass is 16.6. The van der Waals surface area contributed by atoms with Crippen LogP contribution in [0.15, 0.2) is 42.6 Å². The Morgan fingerprint density at radius 1 is 1.22 bits per heavy atom. The number of carbonyl (C=O) groups excluding carboxylic acids is 1. The normalized spacial score (nSPS) is 10.3. The number of unbranched alkanes of at least 4 members (excludes halogenated alkanes) is 2. The zero-order valence-corrected chi connectivity index (χ0v) is 15.2. The highest BCUT2D eigenvalue weighted by Gasteiger charge is 2.08.